The highest BCUT2D eigenvalue weighted by atomic mass is 16.2. The van der Waals surface area contributed by atoms with E-state index in [0.717, 1.165) is 37.9 Å². The summed E-state index contributed by atoms with van der Waals surface area (Å²) in [5.74, 6) is 1.00. The largest absolute Gasteiger partial charge is 0.296 e. The Morgan fingerprint density at radius 1 is 1.37 bits per heavy atom. The van der Waals surface area contributed by atoms with E-state index < -0.39 is 0 Å². The lowest BCUT2D eigenvalue weighted by Gasteiger charge is -2.27. The molecule has 2 rings (SSSR count). The summed E-state index contributed by atoms with van der Waals surface area (Å²) < 4.78 is 1.52. The molecule has 3 nitrogen and oxygen atoms in total. The van der Waals surface area contributed by atoms with Crippen LogP contribution in [0.4, 0.5) is 0 Å². The first kappa shape index (κ1) is 14.0. The van der Waals surface area contributed by atoms with E-state index in [4.69, 9.17) is 0 Å². The van der Waals surface area contributed by atoms with Crippen LogP contribution in [0.5, 0.6) is 0 Å². The molecule has 104 valence electrons. The van der Waals surface area contributed by atoms with Crippen molar-refractivity contribution in [3.05, 3.63) is 24.0 Å². The maximum Gasteiger partial charge on any atom is 0.234 e. The molecule has 0 atom stereocenters. The first-order valence-electron chi connectivity index (χ1n) is 7.43. The zero-order valence-corrected chi connectivity index (χ0v) is 11.7. The fourth-order valence-electron chi connectivity index (χ4n) is 3.08. The molecule has 0 spiro atoms. The lowest BCUT2D eigenvalue weighted by Crippen LogP contribution is -2.27. The summed E-state index contributed by atoms with van der Waals surface area (Å²) >= 11 is 0. The summed E-state index contributed by atoms with van der Waals surface area (Å²) in [7, 11) is 0. The second kappa shape index (κ2) is 6.69. The predicted molar refractivity (Wildman–Crippen MR) is 75.4 cm³/mol. The van der Waals surface area contributed by atoms with Gasteiger partial charge in [-0.3, -0.25) is 14.2 Å². The molecule has 1 fully saturated rings. The Labute approximate surface area is 115 Å². The number of unbranched alkanes of at least 4 members (excludes halogenated alkanes) is 1. The highest BCUT2D eigenvalue weighted by molar-refractivity contribution is 5.87. The van der Waals surface area contributed by atoms with Crippen molar-refractivity contribution in [3.63, 3.8) is 0 Å². The van der Waals surface area contributed by atoms with Crippen LogP contribution < -0.4 is 0 Å². The van der Waals surface area contributed by atoms with Gasteiger partial charge in [0.15, 0.2) is 6.29 Å². The van der Waals surface area contributed by atoms with Crippen LogP contribution in [0.25, 0.3) is 0 Å². The van der Waals surface area contributed by atoms with Gasteiger partial charge >= 0.3 is 0 Å². The van der Waals surface area contributed by atoms with E-state index in [0.29, 0.717) is 5.69 Å². The van der Waals surface area contributed by atoms with Gasteiger partial charge in [0.25, 0.3) is 0 Å². The lowest BCUT2D eigenvalue weighted by atomic mass is 9.79. The number of nitrogens with zero attached hydrogens (tertiary/aromatic N) is 1. The van der Waals surface area contributed by atoms with Crippen LogP contribution in [0.1, 0.15) is 67.2 Å². The molecule has 0 amide bonds. The molecule has 1 saturated carbocycles. The first-order chi connectivity index (χ1) is 9.26. The molecule has 1 heterocycles. The third kappa shape index (κ3) is 3.34. The molecule has 1 aromatic heterocycles. The van der Waals surface area contributed by atoms with E-state index >= 15 is 0 Å². The molecule has 1 aliphatic carbocycles. The van der Waals surface area contributed by atoms with Gasteiger partial charge in [0, 0.05) is 12.1 Å². The molecule has 3 heteroatoms. The monoisotopic (exact) mass is 261 g/mol. The van der Waals surface area contributed by atoms with Crippen molar-refractivity contribution in [2.24, 2.45) is 11.8 Å². The van der Waals surface area contributed by atoms with Crippen LogP contribution in [0.2, 0.25) is 0 Å². The van der Waals surface area contributed by atoms with Gasteiger partial charge < -0.3 is 0 Å². The van der Waals surface area contributed by atoms with Gasteiger partial charge in [-0.1, -0.05) is 26.2 Å². The van der Waals surface area contributed by atoms with Gasteiger partial charge in [-0.15, -0.1) is 0 Å². The molecule has 0 aliphatic heterocycles. The number of rotatable bonds is 5. The normalized spacial score (nSPS) is 23.2. The zero-order valence-electron chi connectivity index (χ0n) is 11.7. The number of aromatic nitrogens is 1. The van der Waals surface area contributed by atoms with E-state index in [9.17, 15) is 9.59 Å². The van der Waals surface area contributed by atoms with E-state index in [1.165, 1.54) is 23.8 Å². The van der Waals surface area contributed by atoms with Crippen molar-refractivity contribution < 1.29 is 9.59 Å². The van der Waals surface area contributed by atoms with Gasteiger partial charge in [0.1, 0.15) is 0 Å². The fraction of sp³-hybridized carbons (Fsp3) is 0.625. The van der Waals surface area contributed by atoms with Crippen LogP contribution >= 0.6 is 0 Å². The molecule has 0 aromatic carbocycles. The van der Waals surface area contributed by atoms with Crippen LogP contribution in [0, 0.1) is 11.8 Å². The van der Waals surface area contributed by atoms with Crippen molar-refractivity contribution in [3.8, 4) is 0 Å². The summed E-state index contributed by atoms with van der Waals surface area (Å²) in [5, 5.41) is 0. The van der Waals surface area contributed by atoms with E-state index in [-0.39, 0.29) is 11.8 Å². The van der Waals surface area contributed by atoms with Crippen molar-refractivity contribution in [1.82, 2.24) is 4.57 Å². The zero-order chi connectivity index (χ0) is 13.7. The Balaban J connectivity index is 1.91. The molecule has 19 heavy (non-hydrogen) atoms. The Hall–Kier alpha value is -1.38. The molecule has 0 saturated heterocycles. The topological polar surface area (TPSA) is 39.1 Å². The highest BCUT2D eigenvalue weighted by Crippen LogP contribution is 2.32. The molecular formula is C16H23NO2. The Bertz CT molecular complexity index is 428. The van der Waals surface area contributed by atoms with E-state index in [2.05, 4.69) is 6.92 Å². The average Bonchev–Trinajstić information content (AvgIpc) is 2.93. The third-order valence-corrected chi connectivity index (χ3v) is 4.30. The van der Waals surface area contributed by atoms with Crippen molar-refractivity contribution in [2.45, 2.75) is 51.9 Å². The molecule has 0 bridgehead atoms. The Morgan fingerprint density at radius 3 is 2.74 bits per heavy atom. The summed E-state index contributed by atoms with van der Waals surface area (Å²) in [6.07, 6.45) is 10.6. The predicted octanol–water partition coefficient (Wildman–Crippen LogP) is 3.94. The number of aldehydes is 1. The number of hydrogen-bond donors (Lipinski definition) is 0. The highest BCUT2D eigenvalue weighted by Gasteiger charge is 2.27. The smallest absolute Gasteiger partial charge is 0.234 e. The maximum absolute atomic E-state index is 12.4. The molecular weight excluding hydrogens is 238 g/mol. The second-order valence-electron chi connectivity index (χ2n) is 5.62. The molecule has 1 aromatic rings. The summed E-state index contributed by atoms with van der Waals surface area (Å²) in [6.45, 7) is 2.22. The first-order valence-corrected chi connectivity index (χ1v) is 7.43. The Kier molecular flexibility index (Phi) is 4.94. The minimum Gasteiger partial charge on any atom is -0.296 e. The van der Waals surface area contributed by atoms with Gasteiger partial charge in [-0.2, -0.15) is 0 Å². The van der Waals surface area contributed by atoms with Gasteiger partial charge in [0.05, 0.1) is 5.69 Å². The van der Waals surface area contributed by atoms with E-state index in [1.807, 2.05) is 0 Å². The number of carbonyl (C=O) groups excluding carboxylic acids is 2. The maximum atomic E-state index is 12.4. The van der Waals surface area contributed by atoms with Crippen molar-refractivity contribution >= 4 is 12.2 Å². The lowest BCUT2D eigenvalue weighted by molar-refractivity contribution is 0.0774. The molecule has 0 unspecified atom stereocenters. The summed E-state index contributed by atoms with van der Waals surface area (Å²) in [4.78, 5) is 23.2. The molecule has 0 radical (unpaired) electrons. The molecule has 1 aliphatic rings. The minimum atomic E-state index is 0.0982. The van der Waals surface area contributed by atoms with Crippen molar-refractivity contribution in [1.29, 1.82) is 0 Å². The second-order valence-corrected chi connectivity index (χ2v) is 5.62. The number of carbonyl (C=O) groups is 2. The van der Waals surface area contributed by atoms with Crippen molar-refractivity contribution in [2.75, 3.05) is 0 Å². The average molecular weight is 261 g/mol. The minimum absolute atomic E-state index is 0.0982. The number of hydrogen-bond acceptors (Lipinski definition) is 2. The quantitative estimate of drug-likeness (QED) is 0.753. The van der Waals surface area contributed by atoms with Gasteiger partial charge in [0.2, 0.25) is 5.91 Å². The van der Waals surface area contributed by atoms with Gasteiger partial charge in [-0.05, 0) is 43.7 Å². The van der Waals surface area contributed by atoms with Crippen LogP contribution in [0.3, 0.4) is 0 Å². The summed E-state index contributed by atoms with van der Waals surface area (Å²) in [5.41, 5.74) is 0.470. The molecule has 0 N–H and O–H groups in total. The summed E-state index contributed by atoms with van der Waals surface area (Å²) in [6, 6.07) is 3.45. The van der Waals surface area contributed by atoms with E-state index in [1.54, 1.807) is 18.3 Å². The van der Waals surface area contributed by atoms with Crippen LogP contribution in [-0.2, 0) is 0 Å². The van der Waals surface area contributed by atoms with Crippen LogP contribution in [0.15, 0.2) is 18.3 Å². The standard InChI is InChI=1S/C16H23NO2/c1-2-3-5-13-7-9-14(10-8-13)16(19)17-11-4-6-15(17)12-18/h4,6,11-14H,2-3,5,7-10H2,1H3. The third-order valence-electron chi connectivity index (χ3n) is 4.30. The fourth-order valence-corrected chi connectivity index (χ4v) is 3.08. The van der Waals surface area contributed by atoms with Gasteiger partial charge in [-0.25, -0.2) is 0 Å². The van der Waals surface area contributed by atoms with Crippen LogP contribution in [-0.4, -0.2) is 16.8 Å². The SMILES string of the molecule is CCCCC1CCC(C(=O)n2cccc2C=O)CC1. The Morgan fingerprint density at radius 2 is 2.11 bits per heavy atom.